The van der Waals surface area contributed by atoms with Crippen molar-refractivity contribution in [3.05, 3.63) is 48.4 Å². The second kappa shape index (κ2) is 5.35. The van der Waals surface area contributed by atoms with Gasteiger partial charge < -0.3 is 10.2 Å². The Morgan fingerprint density at radius 2 is 2.09 bits per heavy atom. The predicted octanol–water partition coefficient (Wildman–Crippen LogP) is 1.47. The van der Waals surface area contributed by atoms with E-state index >= 15 is 0 Å². The molecule has 4 rings (SSSR count). The van der Waals surface area contributed by atoms with Gasteiger partial charge in [-0.25, -0.2) is 9.37 Å². The second-order valence-electron chi connectivity index (χ2n) is 5.35. The standard InChI is InChI=1S/C16H14FN5O/c17-12-4-2-1-3-11(12)13-9-16(21-8-7-18-15(23)10-21)22-14(20-13)5-6-19-22/h1-6,9H,7-8,10H2,(H,18,23). The Morgan fingerprint density at radius 3 is 2.91 bits per heavy atom. The lowest BCUT2D eigenvalue weighted by Crippen LogP contribution is -2.48. The van der Waals surface area contributed by atoms with Crippen LogP contribution >= 0.6 is 0 Å². The first-order valence-electron chi connectivity index (χ1n) is 7.34. The van der Waals surface area contributed by atoms with Crippen LogP contribution in [0.5, 0.6) is 0 Å². The number of carbonyl (C=O) groups excluding carboxylic acids is 1. The third-order valence-corrected chi connectivity index (χ3v) is 3.85. The van der Waals surface area contributed by atoms with Crippen LogP contribution in [0.1, 0.15) is 0 Å². The Labute approximate surface area is 131 Å². The maximum Gasteiger partial charge on any atom is 0.239 e. The summed E-state index contributed by atoms with van der Waals surface area (Å²) in [5, 5.41) is 7.06. The van der Waals surface area contributed by atoms with E-state index in [1.807, 2.05) is 4.90 Å². The number of aromatic nitrogens is 3. The molecule has 0 bridgehead atoms. The monoisotopic (exact) mass is 311 g/mol. The van der Waals surface area contributed by atoms with E-state index in [9.17, 15) is 9.18 Å². The topological polar surface area (TPSA) is 62.5 Å². The van der Waals surface area contributed by atoms with Gasteiger partial charge in [-0.15, -0.1) is 0 Å². The van der Waals surface area contributed by atoms with Crippen LogP contribution < -0.4 is 10.2 Å². The minimum atomic E-state index is -0.328. The van der Waals surface area contributed by atoms with Crippen molar-refractivity contribution in [3.63, 3.8) is 0 Å². The molecule has 1 aliphatic heterocycles. The van der Waals surface area contributed by atoms with Gasteiger partial charge in [0.25, 0.3) is 0 Å². The molecule has 6 nitrogen and oxygen atoms in total. The molecule has 3 aromatic rings. The molecule has 116 valence electrons. The molecule has 0 unspecified atom stereocenters. The lowest BCUT2D eigenvalue weighted by molar-refractivity contribution is -0.120. The molecule has 1 N–H and O–H groups in total. The fourth-order valence-electron chi connectivity index (χ4n) is 2.76. The summed E-state index contributed by atoms with van der Waals surface area (Å²) in [6.07, 6.45) is 1.64. The highest BCUT2D eigenvalue weighted by molar-refractivity contribution is 5.82. The number of benzene rings is 1. The fourth-order valence-corrected chi connectivity index (χ4v) is 2.76. The van der Waals surface area contributed by atoms with Crippen LogP contribution in [0.25, 0.3) is 16.9 Å². The Morgan fingerprint density at radius 1 is 1.22 bits per heavy atom. The van der Waals surface area contributed by atoms with E-state index in [2.05, 4.69) is 15.4 Å². The van der Waals surface area contributed by atoms with E-state index in [1.54, 1.807) is 41.0 Å². The maximum absolute atomic E-state index is 14.1. The summed E-state index contributed by atoms with van der Waals surface area (Å²) in [6, 6.07) is 10.1. The first-order chi connectivity index (χ1) is 11.2. The summed E-state index contributed by atoms with van der Waals surface area (Å²) in [4.78, 5) is 18.1. The number of rotatable bonds is 2. The normalized spacial score (nSPS) is 15.0. The van der Waals surface area contributed by atoms with Gasteiger partial charge in [0.2, 0.25) is 5.91 Å². The first kappa shape index (κ1) is 13.7. The Hall–Kier alpha value is -2.96. The van der Waals surface area contributed by atoms with Crippen LogP contribution in [0.15, 0.2) is 42.6 Å². The predicted molar refractivity (Wildman–Crippen MR) is 83.6 cm³/mol. The Kier molecular flexibility index (Phi) is 3.18. The molecule has 0 aliphatic carbocycles. The highest BCUT2D eigenvalue weighted by Gasteiger charge is 2.21. The van der Waals surface area contributed by atoms with Crippen molar-refractivity contribution in [3.8, 4) is 11.3 Å². The second-order valence-corrected chi connectivity index (χ2v) is 5.35. The number of halogens is 1. The van der Waals surface area contributed by atoms with Gasteiger partial charge >= 0.3 is 0 Å². The number of amides is 1. The number of nitrogens with zero attached hydrogens (tertiary/aromatic N) is 4. The molecule has 0 atom stereocenters. The van der Waals surface area contributed by atoms with Crippen LogP contribution in [0, 0.1) is 5.82 Å². The van der Waals surface area contributed by atoms with Crippen molar-refractivity contribution in [1.82, 2.24) is 19.9 Å². The number of nitrogens with one attached hydrogen (secondary N) is 1. The summed E-state index contributed by atoms with van der Waals surface area (Å²) < 4.78 is 15.8. The van der Waals surface area contributed by atoms with Crippen LogP contribution in [0.3, 0.4) is 0 Å². The average molecular weight is 311 g/mol. The van der Waals surface area contributed by atoms with E-state index in [1.165, 1.54) is 6.07 Å². The summed E-state index contributed by atoms with van der Waals surface area (Å²) >= 11 is 0. The summed E-state index contributed by atoms with van der Waals surface area (Å²) in [6.45, 7) is 1.48. The third kappa shape index (κ3) is 2.40. The molecule has 0 radical (unpaired) electrons. The molecule has 1 aromatic carbocycles. The number of hydrogen-bond acceptors (Lipinski definition) is 4. The average Bonchev–Trinajstić information content (AvgIpc) is 3.03. The molecular formula is C16H14FN5O. The van der Waals surface area contributed by atoms with Crippen molar-refractivity contribution >= 4 is 17.4 Å². The molecule has 1 aliphatic rings. The number of hydrogen-bond donors (Lipinski definition) is 1. The van der Waals surface area contributed by atoms with Gasteiger partial charge in [0.15, 0.2) is 5.65 Å². The third-order valence-electron chi connectivity index (χ3n) is 3.85. The number of piperazine rings is 1. The van der Waals surface area contributed by atoms with Crippen LogP contribution in [-0.4, -0.2) is 40.1 Å². The van der Waals surface area contributed by atoms with Gasteiger partial charge in [0.1, 0.15) is 11.6 Å². The lowest BCUT2D eigenvalue weighted by Gasteiger charge is -2.28. The van der Waals surface area contributed by atoms with Crippen LogP contribution in [0.4, 0.5) is 10.2 Å². The minimum absolute atomic E-state index is 0.0409. The van der Waals surface area contributed by atoms with Gasteiger partial charge in [0.05, 0.1) is 18.4 Å². The van der Waals surface area contributed by atoms with E-state index in [4.69, 9.17) is 0 Å². The van der Waals surface area contributed by atoms with Gasteiger partial charge in [-0.1, -0.05) is 12.1 Å². The number of fused-ring (bicyclic) bond motifs is 1. The first-order valence-corrected chi connectivity index (χ1v) is 7.34. The van der Waals surface area contributed by atoms with E-state index in [-0.39, 0.29) is 18.3 Å². The van der Waals surface area contributed by atoms with Crippen molar-refractivity contribution in [2.24, 2.45) is 0 Å². The summed E-state index contributed by atoms with van der Waals surface area (Å²) in [5.74, 6) is 0.361. The minimum Gasteiger partial charge on any atom is -0.353 e. The van der Waals surface area contributed by atoms with Crippen LogP contribution in [-0.2, 0) is 4.79 Å². The smallest absolute Gasteiger partial charge is 0.239 e. The molecule has 1 saturated heterocycles. The molecule has 23 heavy (non-hydrogen) atoms. The van der Waals surface area contributed by atoms with Gasteiger partial charge in [-0.2, -0.15) is 9.61 Å². The Balaban J connectivity index is 1.88. The van der Waals surface area contributed by atoms with Crippen molar-refractivity contribution in [2.45, 2.75) is 0 Å². The highest BCUT2D eigenvalue weighted by atomic mass is 19.1. The van der Waals surface area contributed by atoms with Crippen molar-refractivity contribution in [2.75, 3.05) is 24.5 Å². The fraction of sp³-hybridized carbons (Fsp3) is 0.188. The Bertz CT molecular complexity index is 891. The highest BCUT2D eigenvalue weighted by Crippen LogP contribution is 2.26. The molecule has 7 heteroatoms. The maximum atomic E-state index is 14.1. The molecule has 0 spiro atoms. The molecular weight excluding hydrogens is 297 g/mol. The molecule has 0 saturated carbocycles. The summed E-state index contributed by atoms with van der Waals surface area (Å²) in [5.41, 5.74) is 1.57. The molecule has 2 aromatic heterocycles. The molecule has 1 amide bonds. The van der Waals surface area contributed by atoms with E-state index in [0.29, 0.717) is 30.0 Å². The number of anilines is 1. The lowest BCUT2D eigenvalue weighted by atomic mass is 10.1. The number of carbonyl (C=O) groups is 1. The van der Waals surface area contributed by atoms with Gasteiger partial charge in [-0.05, 0) is 12.1 Å². The zero-order chi connectivity index (χ0) is 15.8. The quantitative estimate of drug-likeness (QED) is 0.778. The zero-order valence-corrected chi connectivity index (χ0v) is 12.2. The van der Waals surface area contributed by atoms with Crippen LogP contribution in [0.2, 0.25) is 0 Å². The van der Waals surface area contributed by atoms with E-state index < -0.39 is 0 Å². The largest absolute Gasteiger partial charge is 0.353 e. The molecule has 3 heterocycles. The van der Waals surface area contributed by atoms with Crippen molar-refractivity contribution < 1.29 is 9.18 Å². The van der Waals surface area contributed by atoms with E-state index in [0.717, 1.165) is 5.82 Å². The van der Waals surface area contributed by atoms with Gasteiger partial charge in [-0.3, -0.25) is 4.79 Å². The summed E-state index contributed by atoms with van der Waals surface area (Å²) in [7, 11) is 0. The SMILES string of the molecule is O=C1CN(c2cc(-c3ccccc3F)nc3ccnn23)CCN1. The zero-order valence-electron chi connectivity index (χ0n) is 12.2. The van der Waals surface area contributed by atoms with Crippen molar-refractivity contribution in [1.29, 1.82) is 0 Å². The van der Waals surface area contributed by atoms with Gasteiger partial charge in [0, 0.05) is 30.8 Å². The molecule has 1 fully saturated rings.